The number of carbonyl (C=O) groups excluding carboxylic acids is 2. The van der Waals surface area contributed by atoms with Gasteiger partial charge in [0.05, 0.1) is 17.8 Å². The van der Waals surface area contributed by atoms with E-state index in [1.54, 1.807) is 60.5 Å². The molecular formula is C23H20ClN3O4. The summed E-state index contributed by atoms with van der Waals surface area (Å²) in [5.74, 6) is -0.0373. The number of para-hydroxylation sites is 3. The van der Waals surface area contributed by atoms with Crippen molar-refractivity contribution in [3.63, 3.8) is 0 Å². The van der Waals surface area contributed by atoms with Crippen LogP contribution in [0.25, 0.3) is 0 Å². The lowest BCUT2D eigenvalue weighted by molar-refractivity contribution is -0.198. The second kappa shape index (κ2) is 9.07. The lowest BCUT2D eigenvalue weighted by atomic mass is 10.1. The molecule has 1 N–H and O–H groups in total. The summed E-state index contributed by atoms with van der Waals surface area (Å²) >= 11 is 6.14. The van der Waals surface area contributed by atoms with Gasteiger partial charge in [0, 0.05) is 12.1 Å². The van der Waals surface area contributed by atoms with Crippen LogP contribution in [0.3, 0.4) is 0 Å². The zero-order valence-electron chi connectivity index (χ0n) is 16.7. The van der Waals surface area contributed by atoms with E-state index in [1.807, 2.05) is 24.3 Å². The van der Waals surface area contributed by atoms with Gasteiger partial charge in [0.2, 0.25) is 5.91 Å². The average Bonchev–Trinajstić information content (AvgIpc) is 3.20. The largest absolute Gasteiger partial charge is 0.355 e. The summed E-state index contributed by atoms with van der Waals surface area (Å²) in [5.41, 5.74) is 2.35. The predicted octanol–water partition coefficient (Wildman–Crippen LogP) is 3.98. The van der Waals surface area contributed by atoms with Gasteiger partial charge in [0.25, 0.3) is 5.91 Å². The van der Waals surface area contributed by atoms with E-state index in [-0.39, 0.29) is 24.9 Å². The molecular weight excluding hydrogens is 418 g/mol. The maximum Gasteiger partial charge on any atom is 0.253 e. The molecule has 0 aliphatic carbocycles. The number of rotatable bonds is 6. The summed E-state index contributed by atoms with van der Waals surface area (Å²) < 4.78 is 0. The maximum atomic E-state index is 13.4. The molecule has 158 valence electrons. The average molecular weight is 438 g/mol. The van der Waals surface area contributed by atoms with Crippen molar-refractivity contribution in [2.45, 2.75) is 6.54 Å². The topological polar surface area (TPSA) is 71.1 Å². The molecule has 1 heterocycles. The Morgan fingerprint density at radius 1 is 1.03 bits per heavy atom. The van der Waals surface area contributed by atoms with E-state index in [9.17, 15) is 9.59 Å². The third-order valence-corrected chi connectivity index (χ3v) is 5.06. The number of nitrogens with one attached hydrogen (secondary N) is 1. The number of hydroxylamine groups is 1. The van der Waals surface area contributed by atoms with Gasteiger partial charge >= 0.3 is 0 Å². The number of benzene rings is 3. The number of fused-ring (bicyclic) bond motifs is 1. The highest BCUT2D eigenvalue weighted by Gasteiger charge is 2.29. The standard InChI is InChI=1S/C23H20ClN3O4/c1-25-23(29)18-9-2-3-10-19(18)26(14-16-7-6-8-17(24)13-16)22(28)15-27-20-11-4-5-12-21(20)30-31-27/h2-13H,14-15H2,1H3,(H,25,29). The van der Waals surface area contributed by atoms with Crippen molar-refractivity contribution in [2.75, 3.05) is 23.6 Å². The van der Waals surface area contributed by atoms with E-state index in [1.165, 1.54) is 5.06 Å². The number of amides is 2. The summed E-state index contributed by atoms with van der Waals surface area (Å²) in [6.07, 6.45) is 0. The minimum atomic E-state index is -0.286. The number of hydrogen-bond donors (Lipinski definition) is 1. The second-order valence-electron chi connectivity index (χ2n) is 6.87. The van der Waals surface area contributed by atoms with Gasteiger partial charge in [-0.05, 0) is 42.0 Å². The summed E-state index contributed by atoms with van der Waals surface area (Å²) in [6, 6.07) is 21.4. The van der Waals surface area contributed by atoms with Crippen LogP contribution in [0, 0.1) is 0 Å². The van der Waals surface area contributed by atoms with Crippen molar-refractivity contribution < 1.29 is 19.5 Å². The Morgan fingerprint density at radius 3 is 2.61 bits per heavy atom. The highest BCUT2D eigenvalue weighted by molar-refractivity contribution is 6.30. The second-order valence-corrected chi connectivity index (χ2v) is 7.30. The molecule has 0 saturated carbocycles. The third kappa shape index (κ3) is 4.47. The fourth-order valence-electron chi connectivity index (χ4n) is 3.34. The van der Waals surface area contributed by atoms with E-state index in [0.29, 0.717) is 27.7 Å². The molecule has 0 fully saturated rings. The molecule has 3 aromatic rings. The van der Waals surface area contributed by atoms with E-state index >= 15 is 0 Å². The SMILES string of the molecule is CNC(=O)c1ccccc1N(Cc1cccc(Cl)c1)C(=O)CN1OOc2ccccc21. The molecule has 4 rings (SSSR count). The first-order valence-electron chi connectivity index (χ1n) is 9.64. The summed E-state index contributed by atoms with van der Waals surface area (Å²) in [5, 5.41) is 4.57. The number of nitrogens with zero attached hydrogens (tertiary/aromatic N) is 2. The van der Waals surface area contributed by atoms with Gasteiger partial charge in [0.1, 0.15) is 12.2 Å². The molecule has 8 heteroatoms. The fraction of sp³-hybridized carbons (Fsp3) is 0.130. The number of hydrogen-bond acceptors (Lipinski definition) is 5. The molecule has 1 aliphatic heterocycles. The van der Waals surface area contributed by atoms with Crippen LogP contribution in [0.1, 0.15) is 15.9 Å². The highest BCUT2D eigenvalue weighted by atomic mass is 35.5. The molecule has 0 bridgehead atoms. The molecule has 0 radical (unpaired) electrons. The number of carbonyl (C=O) groups is 2. The van der Waals surface area contributed by atoms with Gasteiger partial charge in [0.15, 0.2) is 5.75 Å². The van der Waals surface area contributed by atoms with Crippen molar-refractivity contribution in [2.24, 2.45) is 0 Å². The van der Waals surface area contributed by atoms with Crippen molar-refractivity contribution in [3.05, 3.63) is 88.9 Å². The maximum absolute atomic E-state index is 13.4. The predicted molar refractivity (Wildman–Crippen MR) is 118 cm³/mol. The van der Waals surface area contributed by atoms with Gasteiger partial charge in [-0.25, -0.2) is 0 Å². The Morgan fingerprint density at radius 2 is 1.81 bits per heavy atom. The van der Waals surface area contributed by atoms with Crippen molar-refractivity contribution in [3.8, 4) is 5.75 Å². The molecule has 0 aromatic heterocycles. The zero-order chi connectivity index (χ0) is 21.8. The molecule has 7 nitrogen and oxygen atoms in total. The minimum Gasteiger partial charge on any atom is -0.355 e. The molecule has 1 aliphatic rings. The van der Waals surface area contributed by atoms with Crippen LogP contribution in [0.4, 0.5) is 11.4 Å². The van der Waals surface area contributed by atoms with E-state index in [0.717, 1.165) is 5.56 Å². The van der Waals surface area contributed by atoms with Crippen molar-refractivity contribution in [1.82, 2.24) is 5.32 Å². The Hall–Kier alpha value is -3.55. The zero-order valence-corrected chi connectivity index (χ0v) is 17.5. The highest BCUT2D eigenvalue weighted by Crippen LogP contribution is 2.34. The third-order valence-electron chi connectivity index (χ3n) is 4.83. The first-order chi connectivity index (χ1) is 15.1. The van der Waals surface area contributed by atoms with Gasteiger partial charge in [-0.3, -0.25) is 9.59 Å². The lowest BCUT2D eigenvalue weighted by Crippen LogP contribution is -2.40. The van der Waals surface area contributed by atoms with Crippen molar-refractivity contribution in [1.29, 1.82) is 0 Å². The molecule has 0 atom stereocenters. The van der Waals surface area contributed by atoms with Crippen LogP contribution in [0.2, 0.25) is 5.02 Å². The fourth-order valence-corrected chi connectivity index (χ4v) is 3.55. The van der Waals surface area contributed by atoms with Crippen LogP contribution in [-0.4, -0.2) is 25.4 Å². The normalized spacial score (nSPS) is 12.1. The molecule has 2 amide bonds. The van der Waals surface area contributed by atoms with Gasteiger partial charge in [-0.2, -0.15) is 5.06 Å². The molecule has 31 heavy (non-hydrogen) atoms. The monoisotopic (exact) mass is 437 g/mol. The summed E-state index contributed by atoms with van der Waals surface area (Å²) in [6.45, 7) is 0.114. The van der Waals surface area contributed by atoms with E-state index in [4.69, 9.17) is 21.5 Å². The van der Waals surface area contributed by atoms with Gasteiger partial charge in [-0.15, -0.1) is 0 Å². The minimum absolute atomic E-state index is 0.111. The molecule has 0 saturated heterocycles. The van der Waals surface area contributed by atoms with Crippen molar-refractivity contribution >= 4 is 34.8 Å². The molecule has 0 unspecified atom stereocenters. The lowest BCUT2D eigenvalue weighted by Gasteiger charge is -2.26. The Labute approximate surface area is 184 Å². The Bertz CT molecular complexity index is 1120. The van der Waals surface area contributed by atoms with Gasteiger partial charge < -0.3 is 15.1 Å². The van der Waals surface area contributed by atoms with Crippen LogP contribution in [-0.2, 0) is 16.3 Å². The molecule has 3 aromatic carbocycles. The smallest absolute Gasteiger partial charge is 0.253 e. The summed E-state index contributed by atoms with van der Waals surface area (Å²) in [4.78, 5) is 37.9. The Balaban J connectivity index is 1.68. The molecule has 0 spiro atoms. The first kappa shape index (κ1) is 20.7. The van der Waals surface area contributed by atoms with Gasteiger partial charge in [-0.1, -0.05) is 53.0 Å². The number of halogens is 1. The van der Waals surface area contributed by atoms with E-state index in [2.05, 4.69) is 5.32 Å². The first-order valence-corrected chi connectivity index (χ1v) is 10.0. The van der Waals surface area contributed by atoms with Crippen LogP contribution >= 0.6 is 11.6 Å². The van der Waals surface area contributed by atoms with E-state index < -0.39 is 0 Å². The Kier molecular flexibility index (Phi) is 6.06. The van der Waals surface area contributed by atoms with Crippen LogP contribution < -0.4 is 20.2 Å². The van der Waals surface area contributed by atoms with Crippen LogP contribution in [0.5, 0.6) is 5.75 Å². The quantitative estimate of drug-likeness (QED) is 0.591. The van der Waals surface area contributed by atoms with Crippen LogP contribution in [0.15, 0.2) is 72.8 Å². The number of anilines is 2. The summed E-state index contributed by atoms with van der Waals surface area (Å²) in [7, 11) is 1.55.